The summed E-state index contributed by atoms with van der Waals surface area (Å²) in [7, 11) is 0. The van der Waals surface area contributed by atoms with Crippen molar-refractivity contribution >= 4 is 17.5 Å². The van der Waals surface area contributed by atoms with E-state index in [2.05, 4.69) is 17.1 Å². The van der Waals surface area contributed by atoms with Crippen molar-refractivity contribution < 1.29 is 9.59 Å². The first-order valence-electron chi connectivity index (χ1n) is 11.7. The molecule has 4 rings (SSSR count). The number of carbonyl (C=O) groups excluding carboxylic acids is 2. The van der Waals surface area contributed by atoms with Gasteiger partial charge in [-0.25, -0.2) is 0 Å². The number of rotatable bonds is 7. The largest absolute Gasteiger partial charge is 0.354 e. The van der Waals surface area contributed by atoms with Crippen molar-refractivity contribution in [1.82, 2.24) is 10.2 Å². The maximum atomic E-state index is 13.3. The molecule has 2 aromatic rings. The van der Waals surface area contributed by atoms with Crippen LogP contribution in [0.4, 0.5) is 5.69 Å². The van der Waals surface area contributed by atoms with Crippen molar-refractivity contribution in [3.63, 3.8) is 0 Å². The standard InChI is InChI=1S/C26H33N3O2/c1-2-22-14-8-9-17-28(22)18-10-16-27-25(30)24-19-21-13-6-7-15-23(21)29(24)26(31)20-11-4-3-5-12-20/h3-7,11-13,15,22,24H,2,8-10,14,16-19H2,1H3,(H,27,30)/t22-,24-/m1/s1. The van der Waals surface area contributed by atoms with Crippen molar-refractivity contribution in [1.29, 1.82) is 0 Å². The van der Waals surface area contributed by atoms with Gasteiger partial charge >= 0.3 is 0 Å². The molecular formula is C26H33N3O2. The molecule has 1 saturated heterocycles. The van der Waals surface area contributed by atoms with E-state index < -0.39 is 6.04 Å². The second-order valence-electron chi connectivity index (χ2n) is 8.63. The summed E-state index contributed by atoms with van der Waals surface area (Å²) < 4.78 is 0. The Morgan fingerprint density at radius 2 is 1.81 bits per heavy atom. The highest BCUT2D eigenvalue weighted by Gasteiger charge is 2.38. The van der Waals surface area contributed by atoms with E-state index in [0.29, 0.717) is 24.6 Å². The van der Waals surface area contributed by atoms with E-state index >= 15 is 0 Å². The fourth-order valence-electron chi connectivity index (χ4n) is 4.99. The van der Waals surface area contributed by atoms with Crippen LogP contribution in [-0.4, -0.2) is 48.4 Å². The molecule has 0 saturated carbocycles. The molecule has 2 amide bonds. The number of hydrogen-bond acceptors (Lipinski definition) is 3. The lowest BCUT2D eigenvalue weighted by atomic mass is 10.00. The summed E-state index contributed by atoms with van der Waals surface area (Å²) >= 11 is 0. The van der Waals surface area contributed by atoms with Crippen LogP contribution in [0.3, 0.4) is 0 Å². The highest BCUT2D eigenvalue weighted by Crippen LogP contribution is 2.33. The topological polar surface area (TPSA) is 52.7 Å². The molecule has 1 N–H and O–H groups in total. The van der Waals surface area contributed by atoms with Crippen molar-refractivity contribution in [2.45, 2.75) is 57.5 Å². The van der Waals surface area contributed by atoms with Crippen molar-refractivity contribution in [2.24, 2.45) is 0 Å². The Balaban J connectivity index is 1.39. The van der Waals surface area contributed by atoms with Gasteiger partial charge in [0.25, 0.3) is 5.91 Å². The van der Waals surface area contributed by atoms with Gasteiger partial charge in [-0.2, -0.15) is 0 Å². The van der Waals surface area contributed by atoms with E-state index in [-0.39, 0.29) is 11.8 Å². The average molecular weight is 420 g/mol. The monoisotopic (exact) mass is 419 g/mol. The lowest BCUT2D eigenvalue weighted by molar-refractivity contribution is -0.122. The molecule has 2 heterocycles. The molecule has 31 heavy (non-hydrogen) atoms. The zero-order valence-corrected chi connectivity index (χ0v) is 18.4. The molecule has 0 radical (unpaired) electrons. The molecule has 2 aliphatic heterocycles. The Morgan fingerprint density at radius 3 is 2.61 bits per heavy atom. The van der Waals surface area contributed by atoms with Gasteiger partial charge in [-0.1, -0.05) is 49.7 Å². The van der Waals surface area contributed by atoms with Crippen LogP contribution in [0.25, 0.3) is 0 Å². The van der Waals surface area contributed by atoms with Gasteiger partial charge < -0.3 is 10.2 Å². The van der Waals surface area contributed by atoms with Crippen LogP contribution in [0.15, 0.2) is 54.6 Å². The second kappa shape index (κ2) is 10.1. The zero-order chi connectivity index (χ0) is 21.6. The number of nitrogens with one attached hydrogen (secondary N) is 1. The molecule has 0 aliphatic carbocycles. The third-order valence-electron chi connectivity index (χ3n) is 6.66. The van der Waals surface area contributed by atoms with Crippen molar-refractivity contribution in [3.05, 3.63) is 65.7 Å². The number of fused-ring (bicyclic) bond motifs is 1. The number of hydrogen-bond donors (Lipinski definition) is 1. The lowest BCUT2D eigenvalue weighted by Crippen LogP contribution is -2.48. The highest BCUT2D eigenvalue weighted by atomic mass is 16.2. The van der Waals surface area contributed by atoms with Gasteiger partial charge in [-0.05, 0) is 56.0 Å². The zero-order valence-electron chi connectivity index (χ0n) is 18.4. The van der Waals surface area contributed by atoms with E-state index in [9.17, 15) is 9.59 Å². The van der Waals surface area contributed by atoms with Gasteiger partial charge in [0.05, 0.1) is 0 Å². The summed E-state index contributed by atoms with van der Waals surface area (Å²) in [5, 5.41) is 3.11. The number of anilines is 1. The normalized spacial score (nSPS) is 21.0. The van der Waals surface area contributed by atoms with Gasteiger partial charge in [0, 0.05) is 36.8 Å². The predicted octanol–water partition coefficient (Wildman–Crippen LogP) is 4.03. The number of amides is 2. The summed E-state index contributed by atoms with van der Waals surface area (Å²) in [6, 6.07) is 17.2. The quantitative estimate of drug-likeness (QED) is 0.690. The first-order valence-corrected chi connectivity index (χ1v) is 11.7. The minimum atomic E-state index is -0.497. The van der Waals surface area contributed by atoms with E-state index in [1.807, 2.05) is 42.5 Å². The van der Waals surface area contributed by atoms with Crippen molar-refractivity contribution in [3.8, 4) is 0 Å². The summed E-state index contributed by atoms with van der Waals surface area (Å²) in [5.74, 6) is -0.184. The second-order valence-corrected chi connectivity index (χ2v) is 8.63. The molecule has 1 fully saturated rings. The first kappa shape index (κ1) is 21.6. The Labute approximate surface area is 185 Å². The predicted molar refractivity (Wildman–Crippen MR) is 124 cm³/mol. The average Bonchev–Trinajstić information content (AvgIpc) is 3.21. The number of nitrogens with zero attached hydrogens (tertiary/aromatic N) is 2. The minimum Gasteiger partial charge on any atom is -0.354 e. The third-order valence-corrected chi connectivity index (χ3v) is 6.66. The van der Waals surface area contributed by atoms with Gasteiger partial charge in [-0.3, -0.25) is 14.5 Å². The number of piperidine rings is 1. The van der Waals surface area contributed by atoms with Crippen LogP contribution in [0, 0.1) is 0 Å². The number of carbonyl (C=O) groups is 2. The summed E-state index contributed by atoms with van der Waals surface area (Å²) in [6.07, 6.45) is 6.60. The number of benzene rings is 2. The fourth-order valence-corrected chi connectivity index (χ4v) is 4.99. The smallest absolute Gasteiger partial charge is 0.259 e. The summed E-state index contributed by atoms with van der Waals surface area (Å²) in [6.45, 7) is 5.10. The molecular weight excluding hydrogens is 386 g/mol. The molecule has 5 heteroatoms. The minimum absolute atomic E-state index is 0.0637. The van der Waals surface area contributed by atoms with Gasteiger partial charge in [0.1, 0.15) is 6.04 Å². The Hall–Kier alpha value is -2.66. The van der Waals surface area contributed by atoms with Crippen LogP contribution in [0.2, 0.25) is 0 Å². The molecule has 2 atom stereocenters. The molecule has 0 unspecified atom stereocenters. The van der Waals surface area contributed by atoms with Crippen LogP contribution in [-0.2, 0) is 11.2 Å². The molecule has 2 aliphatic rings. The maximum absolute atomic E-state index is 13.3. The van der Waals surface area contributed by atoms with Gasteiger partial charge in [0.2, 0.25) is 5.91 Å². The fraction of sp³-hybridized carbons (Fsp3) is 0.462. The van der Waals surface area contributed by atoms with Crippen LogP contribution < -0.4 is 10.2 Å². The molecule has 2 aromatic carbocycles. The first-order chi connectivity index (χ1) is 15.2. The van der Waals surface area contributed by atoms with E-state index in [0.717, 1.165) is 24.2 Å². The molecule has 164 valence electrons. The lowest BCUT2D eigenvalue weighted by Gasteiger charge is -2.35. The van der Waals surface area contributed by atoms with Gasteiger partial charge in [0.15, 0.2) is 0 Å². The van der Waals surface area contributed by atoms with E-state index in [1.54, 1.807) is 17.0 Å². The van der Waals surface area contributed by atoms with E-state index in [4.69, 9.17) is 0 Å². The summed E-state index contributed by atoms with van der Waals surface area (Å²) in [4.78, 5) is 30.6. The SMILES string of the molecule is CC[C@@H]1CCCCN1CCCNC(=O)[C@H]1Cc2ccccc2N1C(=O)c1ccccc1. The Bertz CT molecular complexity index is 899. The van der Waals surface area contributed by atoms with Crippen LogP contribution >= 0.6 is 0 Å². The Morgan fingerprint density at radius 1 is 1.03 bits per heavy atom. The van der Waals surface area contributed by atoms with Crippen molar-refractivity contribution in [2.75, 3.05) is 24.5 Å². The Kier molecular flexibility index (Phi) is 7.03. The molecule has 5 nitrogen and oxygen atoms in total. The maximum Gasteiger partial charge on any atom is 0.259 e. The molecule has 0 bridgehead atoms. The van der Waals surface area contributed by atoms with Crippen LogP contribution in [0.5, 0.6) is 0 Å². The highest BCUT2D eigenvalue weighted by molar-refractivity contribution is 6.11. The third kappa shape index (κ3) is 4.82. The van der Waals surface area contributed by atoms with Gasteiger partial charge in [-0.15, -0.1) is 0 Å². The van der Waals surface area contributed by atoms with E-state index in [1.165, 1.54) is 32.2 Å². The number of para-hydroxylation sites is 1. The van der Waals surface area contributed by atoms with Crippen LogP contribution in [0.1, 0.15) is 54.9 Å². The number of likely N-dealkylation sites (tertiary alicyclic amines) is 1. The molecule has 0 spiro atoms. The molecule has 0 aromatic heterocycles. The summed E-state index contributed by atoms with van der Waals surface area (Å²) in [5.41, 5.74) is 2.49.